The molecular weight excluding hydrogens is 420 g/mol. The van der Waals surface area contributed by atoms with E-state index >= 15 is 0 Å². The lowest BCUT2D eigenvalue weighted by Crippen LogP contribution is -2.42. The van der Waals surface area contributed by atoms with Gasteiger partial charge in [0, 0.05) is 19.2 Å². The Kier molecular flexibility index (Phi) is 7.27. The number of likely N-dealkylation sites (tertiary alicyclic amines) is 1. The quantitative estimate of drug-likeness (QED) is 0.586. The second-order valence-electron chi connectivity index (χ2n) is 7.04. The molecule has 0 radical (unpaired) electrons. The predicted octanol–water partition coefficient (Wildman–Crippen LogP) is 2.92. The molecule has 9 heteroatoms. The van der Waals surface area contributed by atoms with Crippen LogP contribution in [-0.2, 0) is 14.8 Å². The van der Waals surface area contributed by atoms with Gasteiger partial charge < -0.3 is 19.1 Å². The molecule has 8 nitrogen and oxygen atoms in total. The highest BCUT2D eigenvalue weighted by Crippen LogP contribution is 2.32. The number of methoxy groups -OCH3 is 2. The second-order valence-corrected chi connectivity index (χ2v) is 8.91. The number of sulfonamides is 1. The van der Waals surface area contributed by atoms with Gasteiger partial charge in [0.25, 0.3) is 10.0 Å². The van der Waals surface area contributed by atoms with E-state index in [0.29, 0.717) is 42.6 Å². The van der Waals surface area contributed by atoms with Crippen LogP contribution in [0.3, 0.4) is 0 Å². The van der Waals surface area contributed by atoms with Gasteiger partial charge in [-0.25, -0.2) is 8.42 Å². The van der Waals surface area contributed by atoms with Gasteiger partial charge in [-0.1, -0.05) is 0 Å². The summed E-state index contributed by atoms with van der Waals surface area (Å²) in [6, 6.07) is 11.0. The number of amides is 1. The van der Waals surface area contributed by atoms with E-state index in [1.165, 1.54) is 32.4 Å². The average Bonchev–Trinajstić information content (AvgIpc) is 3.32. The summed E-state index contributed by atoms with van der Waals surface area (Å²) in [5.41, 5.74) is 0.380. The highest BCUT2D eigenvalue weighted by molar-refractivity contribution is 7.92. The first-order chi connectivity index (χ1) is 14.9. The van der Waals surface area contributed by atoms with Crippen LogP contribution in [0.2, 0.25) is 0 Å². The molecule has 1 aliphatic rings. The summed E-state index contributed by atoms with van der Waals surface area (Å²) < 4.78 is 44.2. The molecule has 168 valence electrons. The van der Waals surface area contributed by atoms with E-state index in [-0.39, 0.29) is 17.3 Å². The highest BCUT2D eigenvalue weighted by atomic mass is 32.2. The maximum atomic E-state index is 13.6. The number of hydrogen-bond acceptors (Lipinski definition) is 6. The van der Waals surface area contributed by atoms with E-state index in [0.717, 1.165) is 17.1 Å². The molecule has 1 heterocycles. The van der Waals surface area contributed by atoms with Crippen LogP contribution in [0.15, 0.2) is 47.4 Å². The van der Waals surface area contributed by atoms with Gasteiger partial charge >= 0.3 is 0 Å². The lowest BCUT2D eigenvalue weighted by Gasteiger charge is -2.27. The molecule has 1 saturated heterocycles. The molecular formula is C22H28N2O6S. The number of rotatable bonds is 9. The zero-order valence-corrected chi connectivity index (χ0v) is 18.9. The smallest absolute Gasteiger partial charge is 0.264 e. The van der Waals surface area contributed by atoms with E-state index in [1.807, 2.05) is 6.92 Å². The van der Waals surface area contributed by atoms with Gasteiger partial charge in [0.15, 0.2) is 11.5 Å². The fourth-order valence-corrected chi connectivity index (χ4v) is 4.91. The van der Waals surface area contributed by atoms with Crippen LogP contribution < -0.4 is 18.5 Å². The third-order valence-corrected chi connectivity index (χ3v) is 6.89. The fourth-order valence-electron chi connectivity index (χ4n) is 3.48. The van der Waals surface area contributed by atoms with Crippen molar-refractivity contribution in [3.8, 4) is 17.2 Å². The van der Waals surface area contributed by atoms with Crippen LogP contribution in [0.1, 0.15) is 19.8 Å². The maximum absolute atomic E-state index is 13.6. The molecule has 0 aliphatic carbocycles. The lowest BCUT2D eigenvalue weighted by molar-refractivity contribution is -0.128. The monoisotopic (exact) mass is 448 g/mol. The zero-order chi connectivity index (χ0) is 22.4. The number of anilines is 1. The molecule has 31 heavy (non-hydrogen) atoms. The molecule has 0 aromatic heterocycles. The Labute approximate surface area is 183 Å². The normalized spacial score (nSPS) is 13.7. The summed E-state index contributed by atoms with van der Waals surface area (Å²) in [4.78, 5) is 14.6. The van der Waals surface area contributed by atoms with Crippen molar-refractivity contribution in [2.75, 3.05) is 44.8 Å². The zero-order valence-electron chi connectivity index (χ0n) is 18.0. The van der Waals surface area contributed by atoms with Crippen molar-refractivity contribution < 1.29 is 27.4 Å². The van der Waals surface area contributed by atoms with E-state index < -0.39 is 10.0 Å². The Morgan fingerprint density at radius 3 is 2.23 bits per heavy atom. The number of nitrogens with zero attached hydrogens (tertiary/aromatic N) is 2. The van der Waals surface area contributed by atoms with Crippen LogP contribution in [0.25, 0.3) is 0 Å². The Balaban J connectivity index is 2.00. The standard InChI is InChI=1S/C22H28N2O6S/c1-4-30-18-9-7-17(8-10-18)24(16-22(25)23-13-5-6-14-23)31(26,27)19-11-12-20(28-2)21(15-19)29-3/h7-12,15H,4-6,13-14,16H2,1-3H3. The van der Waals surface area contributed by atoms with Gasteiger partial charge in [-0.15, -0.1) is 0 Å². The van der Waals surface area contributed by atoms with Gasteiger partial charge in [0.2, 0.25) is 5.91 Å². The van der Waals surface area contributed by atoms with Crippen molar-refractivity contribution in [3.05, 3.63) is 42.5 Å². The van der Waals surface area contributed by atoms with Crippen LogP contribution in [-0.4, -0.2) is 59.7 Å². The second kappa shape index (κ2) is 9.91. The van der Waals surface area contributed by atoms with Crippen LogP contribution in [0, 0.1) is 0 Å². The molecule has 0 unspecified atom stereocenters. The first-order valence-electron chi connectivity index (χ1n) is 10.2. The van der Waals surface area contributed by atoms with Gasteiger partial charge in [-0.3, -0.25) is 9.10 Å². The Morgan fingerprint density at radius 1 is 1.00 bits per heavy atom. The molecule has 1 aliphatic heterocycles. The number of carbonyl (C=O) groups excluding carboxylic acids is 1. The molecule has 3 rings (SSSR count). The van der Waals surface area contributed by atoms with Crippen molar-refractivity contribution in [3.63, 3.8) is 0 Å². The highest BCUT2D eigenvalue weighted by Gasteiger charge is 2.30. The van der Waals surface area contributed by atoms with E-state index in [2.05, 4.69) is 0 Å². The molecule has 2 aromatic carbocycles. The summed E-state index contributed by atoms with van der Waals surface area (Å²) in [5, 5.41) is 0. The minimum atomic E-state index is -4.05. The molecule has 0 atom stereocenters. The summed E-state index contributed by atoms with van der Waals surface area (Å²) in [5.74, 6) is 1.11. The Bertz CT molecular complexity index is 1000. The van der Waals surface area contributed by atoms with Crippen LogP contribution >= 0.6 is 0 Å². The lowest BCUT2D eigenvalue weighted by atomic mass is 10.3. The summed E-state index contributed by atoms with van der Waals surface area (Å²) in [6.45, 7) is 3.38. The van der Waals surface area contributed by atoms with Crippen LogP contribution in [0.5, 0.6) is 17.2 Å². The van der Waals surface area contributed by atoms with Crippen LogP contribution in [0.4, 0.5) is 5.69 Å². The van der Waals surface area contributed by atoms with Crippen molar-refractivity contribution in [1.82, 2.24) is 4.90 Å². The van der Waals surface area contributed by atoms with Gasteiger partial charge in [0.1, 0.15) is 12.3 Å². The van der Waals surface area contributed by atoms with Crippen molar-refractivity contribution in [2.45, 2.75) is 24.7 Å². The molecule has 1 amide bonds. The summed E-state index contributed by atoms with van der Waals surface area (Å²) in [6.07, 6.45) is 1.86. The molecule has 0 spiro atoms. The molecule has 1 fully saturated rings. The minimum absolute atomic E-state index is 0.00765. The van der Waals surface area contributed by atoms with Gasteiger partial charge in [-0.05, 0) is 56.2 Å². The average molecular weight is 449 g/mol. The number of benzene rings is 2. The SMILES string of the molecule is CCOc1ccc(N(CC(=O)N2CCCC2)S(=O)(=O)c2ccc(OC)c(OC)c2)cc1. The third kappa shape index (κ3) is 5.04. The largest absolute Gasteiger partial charge is 0.494 e. The molecule has 0 saturated carbocycles. The number of hydrogen-bond donors (Lipinski definition) is 0. The molecule has 0 bridgehead atoms. The molecule has 2 aromatic rings. The fraction of sp³-hybridized carbons (Fsp3) is 0.409. The number of ether oxygens (including phenoxy) is 3. The summed E-state index contributed by atoms with van der Waals surface area (Å²) in [7, 11) is -1.13. The van der Waals surface area contributed by atoms with E-state index in [9.17, 15) is 13.2 Å². The first kappa shape index (κ1) is 22.7. The third-order valence-electron chi connectivity index (χ3n) is 5.12. The first-order valence-corrected chi connectivity index (χ1v) is 11.6. The molecule has 0 N–H and O–H groups in total. The van der Waals surface area contributed by atoms with E-state index in [4.69, 9.17) is 14.2 Å². The van der Waals surface area contributed by atoms with Gasteiger partial charge in [0.05, 0.1) is 31.4 Å². The number of carbonyl (C=O) groups is 1. The summed E-state index contributed by atoms with van der Waals surface area (Å²) >= 11 is 0. The van der Waals surface area contributed by atoms with Crippen molar-refractivity contribution >= 4 is 21.6 Å². The maximum Gasteiger partial charge on any atom is 0.264 e. The van der Waals surface area contributed by atoms with Crippen molar-refractivity contribution in [2.24, 2.45) is 0 Å². The van der Waals surface area contributed by atoms with Gasteiger partial charge in [-0.2, -0.15) is 0 Å². The predicted molar refractivity (Wildman–Crippen MR) is 118 cm³/mol. The van der Waals surface area contributed by atoms with Crippen molar-refractivity contribution in [1.29, 1.82) is 0 Å². The minimum Gasteiger partial charge on any atom is -0.494 e. The Morgan fingerprint density at radius 2 is 1.65 bits per heavy atom. The topological polar surface area (TPSA) is 85.4 Å². The Hall–Kier alpha value is -2.94. The van der Waals surface area contributed by atoms with E-state index in [1.54, 1.807) is 29.2 Å².